The molecule has 0 radical (unpaired) electrons. The first kappa shape index (κ1) is 14.7. The minimum atomic E-state index is 0.148. The number of hydrogen-bond donors (Lipinski definition) is 2. The minimum Gasteiger partial charge on any atom is -0.507 e. The first-order valence-electron chi connectivity index (χ1n) is 6.45. The van der Waals surface area contributed by atoms with Gasteiger partial charge in [0.15, 0.2) is 0 Å². The van der Waals surface area contributed by atoms with Crippen molar-refractivity contribution in [3.8, 4) is 11.5 Å². The van der Waals surface area contributed by atoms with Crippen molar-refractivity contribution in [2.24, 2.45) is 0 Å². The van der Waals surface area contributed by atoms with Crippen molar-refractivity contribution >= 4 is 11.6 Å². The second-order valence-electron chi connectivity index (χ2n) is 4.65. The molecule has 0 fully saturated rings. The average Bonchev–Trinajstić information content (AvgIpc) is 2.45. The lowest BCUT2D eigenvalue weighted by Crippen LogP contribution is -2.18. The normalized spacial score (nSPS) is 12.2. The lowest BCUT2D eigenvalue weighted by atomic mass is 10.1. The molecule has 0 aliphatic heterocycles. The Morgan fingerprint density at radius 2 is 2.05 bits per heavy atom. The molecular formula is C16H18ClNO2. The standard InChI is InChI=1S/C16H18ClNO2/c1-11(12-4-3-5-14(17)8-12)18-10-13-6-7-15(20-2)9-16(13)19/h3-9,11,18-19H,10H2,1-2H3/t11-/m0/s1. The number of halogens is 1. The molecule has 2 N–H and O–H groups in total. The Balaban J connectivity index is 2.01. The molecule has 0 saturated carbocycles. The molecule has 0 unspecified atom stereocenters. The van der Waals surface area contributed by atoms with E-state index in [9.17, 15) is 5.11 Å². The van der Waals surface area contributed by atoms with Gasteiger partial charge < -0.3 is 15.2 Å². The first-order valence-corrected chi connectivity index (χ1v) is 6.82. The van der Waals surface area contributed by atoms with Gasteiger partial charge in [-0.15, -0.1) is 0 Å². The highest BCUT2D eigenvalue weighted by Crippen LogP contribution is 2.24. The number of ether oxygens (including phenoxy) is 1. The van der Waals surface area contributed by atoms with Gasteiger partial charge in [0.2, 0.25) is 0 Å². The van der Waals surface area contributed by atoms with Crippen molar-refractivity contribution in [3.05, 3.63) is 58.6 Å². The zero-order valence-corrected chi connectivity index (χ0v) is 12.3. The lowest BCUT2D eigenvalue weighted by Gasteiger charge is -2.15. The van der Waals surface area contributed by atoms with Crippen LogP contribution in [0.25, 0.3) is 0 Å². The molecule has 0 saturated heterocycles. The van der Waals surface area contributed by atoms with Gasteiger partial charge in [0, 0.05) is 29.2 Å². The number of benzene rings is 2. The SMILES string of the molecule is COc1ccc(CN[C@@H](C)c2cccc(Cl)c2)c(O)c1. The zero-order chi connectivity index (χ0) is 14.5. The Morgan fingerprint density at radius 3 is 2.70 bits per heavy atom. The fourth-order valence-corrected chi connectivity index (χ4v) is 2.18. The summed E-state index contributed by atoms with van der Waals surface area (Å²) in [4.78, 5) is 0. The number of phenolic OH excluding ortho intramolecular Hbond substituents is 1. The van der Waals surface area contributed by atoms with Crippen molar-refractivity contribution in [3.63, 3.8) is 0 Å². The van der Waals surface area contributed by atoms with Gasteiger partial charge >= 0.3 is 0 Å². The van der Waals surface area contributed by atoms with Crippen molar-refractivity contribution in [1.82, 2.24) is 5.32 Å². The molecule has 2 aromatic carbocycles. The van der Waals surface area contributed by atoms with E-state index in [0.29, 0.717) is 12.3 Å². The van der Waals surface area contributed by atoms with Crippen molar-refractivity contribution < 1.29 is 9.84 Å². The number of phenols is 1. The van der Waals surface area contributed by atoms with E-state index in [1.165, 1.54) is 0 Å². The highest BCUT2D eigenvalue weighted by Gasteiger charge is 2.08. The number of methoxy groups -OCH3 is 1. The Labute approximate surface area is 124 Å². The molecule has 0 bridgehead atoms. The number of nitrogens with one attached hydrogen (secondary N) is 1. The Morgan fingerprint density at radius 1 is 1.25 bits per heavy atom. The number of aromatic hydroxyl groups is 1. The molecule has 0 aliphatic rings. The van der Waals surface area contributed by atoms with Crippen LogP contribution in [0.15, 0.2) is 42.5 Å². The zero-order valence-electron chi connectivity index (χ0n) is 11.6. The molecule has 0 heterocycles. The lowest BCUT2D eigenvalue weighted by molar-refractivity contribution is 0.405. The van der Waals surface area contributed by atoms with E-state index in [1.807, 2.05) is 36.4 Å². The highest BCUT2D eigenvalue weighted by molar-refractivity contribution is 6.30. The number of hydrogen-bond acceptors (Lipinski definition) is 3. The van der Waals surface area contributed by atoms with Crippen LogP contribution < -0.4 is 10.1 Å². The molecular weight excluding hydrogens is 274 g/mol. The molecule has 2 aromatic rings. The van der Waals surface area contributed by atoms with E-state index < -0.39 is 0 Å². The van der Waals surface area contributed by atoms with Crippen LogP contribution in [0.3, 0.4) is 0 Å². The summed E-state index contributed by atoms with van der Waals surface area (Å²) >= 11 is 5.98. The summed E-state index contributed by atoms with van der Waals surface area (Å²) < 4.78 is 5.06. The van der Waals surface area contributed by atoms with Crippen molar-refractivity contribution in [1.29, 1.82) is 0 Å². The second-order valence-corrected chi connectivity index (χ2v) is 5.09. The van der Waals surface area contributed by atoms with E-state index >= 15 is 0 Å². The summed E-state index contributed by atoms with van der Waals surface area (Å²) in [7, 11) is 1.58. The van der Waals surface area contributed by atoms with Gasteiger partial charge in [-0.2, -0.15) is 0 Å². The average molecular weight is 292 g/mol. The third kappa shape index (κ3) is 3.65. The Bertz CT molecular complexity index is 586. The summed E-state index contributed by atoms with van der Waals surface area (Å²) in [6, 6.07) is 13.2. The van der Waals surface area contributed by atoms with Crippen LogP contribution in [0, 0.1) is 0 Å². The molecule has 0 aliphatic carbocycles. The maximum atomic E-state index is 9.91. The largest absolute Gasteiger partial charge is 0.507 e. The third-order valence-corrected chi connectivity index (χ3v) is 3.47. The second kappa shape index (κ2) is 6.64. The number of rotatable bonds is 5. The predicted molar refractivity (Wildman–Crippen MR) is 81.4 cm³/mol. The fraction of sp³-hybridized carbons (Fsp3) is 0.250. The van der Waals surface area contributed by atoms with Gasteiger partial charge in [-0.3, -0.25) is 0 Å². The summed E-state index contributed by atoms with van der Waals surface area (Å²) in [5, 5.41) is 14.0. The summed E-state index contributed by atoms with van der Waals surface area (Å²) in [5.41, 5.74) is 1.95. The Hall–Kier alpha value is -1.71. The van der Waals surface area contributed by atoms with Crippen LogP contribution in [-0.4, -0.2) is 12.2 Å². The topological polar surface area (TPSA) is 41.5 Å². The molecule has 1 atom stereocenters. The van der Waals surface area contributed by atoms with E-state index in [4.69, 9.17) is 16.3 Å². The van der Waals surface area contributed by atoms with Crippen LogP contribution in [0.1, 0.15) is 24.1 Å². The molecule has 4 heteroatoms. The van der Waals surface area contributed by atoms with Gasteiger partial charge in [0.25, 0.3) is 0 Å². The van der Waals surface area contributed by atoms with Crippen LogP contribution in [0.5, 0.6) is 11.5 Å². The smallest absolute Gasteiger partial charge is 0.123 e. The summed E-state index contributed by atoms with van der Waals surface area (Å²) in [6.45, 7) is 2.63. The van der Waals surface area contributed by atoms with E-state index in [-0.39, 0.29) is 11.8 Å². The molecule has 20 heavy (non-hydrogen) atoms. The third-order valence-electron chi connectivity index (χ3n) is 3.24. The molecule has 0 aromatic heterocycles. The maximum Gasteiger partial charge on any atom is 0.123 e. The predicted octanol–water partition coefficient (Wildman–Crippen LogP) is 3.91. The summed E-state index contributed by atoms with van der Waals surface area (Å²) in [6.07, 6.45) is 0. The van der Waals surface area contributed by atoms with Crippen molar-refractivity contribution in [2.45, 2.75) is 19.5 Å². The first-order chi connectivity index (χ1) is 9.60. The highest BCUT2D eigenvalue weighted by atomic mass is 35.5. The molecule has 106 valence electrons. The van der Waals surface area contributed by atoms with E-state index in [1.54, 1.807) is 13.2 Å². The van der Waals surface area contributed by atoms with Gasteiger partial charge in [0.05, 0.1) is 7.11 Å². The van der Waals surface area contributed by atoms with Gasteiger partial charge in [-0.25, -0.2) is 0 Å². The quantitative estimate of drug-likeness (QED) is 0.878. The molecule has 0 spiro atoms. The van der Waals surface area contributed by atoms with Crippen LogP contribution in [-0.2, 0) is 6.54 Å². The van der Waals surface area contributed by atoms with Gasteiger partial charge in [-0.05, 0) is 30.7 Å². The van der Waals surface area contributed by atoms with Crippen molar-refractivity contribution in [2.75, 3.05) is 7.11 Å². The molecule has 2 rings (SSSR count). The molecule has 3 nitrogen and oxygen atoms in total. The van der Waals surface area contributed by atoms with Crippen LogP contribution >= 0.6 is 11.6 Å². The summed E-state index contributed by atoms with van der Waals surface area (Å²) in [5.74, 6) is 0.879. The van der Waals surface area contributed by atoms with Crippen LogP contribution in [0.2, 0.25) is 5.02 Å². The fourth-order valence-electron chi connectivity index (χ4n) is 1.98. The van der Waals surface area contributed by atoms with Gasteiger partial charge in [0.1, 0.15) is 11.5 Å². The monoisotopic (exact) mass is 291 g/mol. The molecule has 0 amide bonds. The van der Waals surface area contributed by atoms with E-state index in [0.717, 1.165) is 16.1 Å². The van der Waals surface area contributed by atoms with Gasteiger partial charge in [-0.1, -0.05) is 29.8 Å². The Kier molecular flexibility index (Phi) is 4.88. The minimum absolute atomic E-state index is 0.148. The van der Waals surface area contributed by atoms with Crippen LogP contribution in [0.4, 0.5) is 0 Å². The maximum absolute atomic E-state index is 9.91. The van der Waals surface area contributed by atoms with E-state index in [2.05, 4.69) is 12.2 Å².